The van der Waals surface area contributed by atoms with Crippen molar-refractivity contribution in [2.75, 3.05) is 11.2 Å². The average Bonchev–Trinajstić information content (AvgIpc) is 2.82. The Morgan fingerprint density at radius 2 is 2.00 bits per heavy atom. The molecule has 0 bridgehead atoms. The van der Waals surface area contributed by atoms with Crippen molar-refractivity contribution in [2.24, 2.45) is 11.8 Å². The standard InChI is InChI=1S/C12H20N4S/c1-8-11(16-13)14-9(2)15-12(8)17-7-10-5-3-4-6-10/h10H,3-7,13H2,1-2H3,(H,14,15,16). The number of aryl methyl sites for hydroxylation is 1. The molecule has 94 valence electrons. The van der Waals surface area contributed by atoms with E-state index in [2.05, 4.69) is 15.4 Å². The lowest BCUT2D eigenvalue weighted by Crippen LogP contribution is -2.12. The molecule has 1 aliphatic carbocycles. The fourth-order valence-corrected chi connectivity index (χ4v) is 3.49. The number of hydrogen-bond donors (Lipinski definition) is 2. The summed E-state index contributed by atoms with van der Waals surface area (Å²) >= 11 is 1.84. The summed E-state index contributed by atoms with van der Waals surface area (Å²) in [6.45, 7) is 3.92. The molecule has 0 amide bonds. The van der Waals surface area contributed by atoms with E-state index in [9.17, 15) is 0 Å². The topological polar surface area (TPSA) is 63.8 Å². The molecule has 1 aliphatic rings. The molecule has 1 aromatic heterocycles. The number of nitrogen functional groups attached to an aromatic ring is 1. The number of rotatable bonds is 4. The molecular formula is C12H20N4S. The van der Waals surface area contributed by atoms with Gasteiger partial charge < -0.3 is 5.43 Å². The molecule has 0 radical (unpaired) electrons. The summed E-state index contributed by atoms with van der Waals surface area (Å²) in [5.74, 6) is 9.01. The summed E-state index contributed by atoms with van der Waals surface area (Å²) < 4.78 is 0. The molecule has 0 spiro atoms. The SMILES string of the molecule is Cc1nc(NN)c(C)c(SCC2CCCC2)n1. The number of nitrogens with one attached hydrogen (secondary N) is 1. The molecule has 0 aliphatic heterocycles. The summed E-state index contributed by atoms with van der Waals surface area (Å²) in [5.41, 5.74) is 3.70. The van der Waals surface area contributed by atoms with Gasteiger partial charge in [0.1, 0.15) is 16.7 Å². The van der Waals surface area contributed by atoms with Crippen LogP contribution in [0.25, 0.3) is 0 Å². The van der Waals surface area contributed by atoms with Gasteiger partial charge >= 0.3 is 0 Å². The summed E-state index contributed by atoms with van der Waals surface area (Å²) in [5, 5.41) is 1.07. The fourth-order valence-electron chi connectivity index (χ4n) is 2.26. The third kappa shape index (κ3) is 3.10. The monoisotopic (exact) mass is 252 g/mol. The zero-order valence-electron chi connectivity index (χ0n) is 10.5. The van der Waals surface area contributed by atoms with Crippen molar-refractivity contribution in [1.29, 1.82) is 0 Å². The van der Waals surface area contributed by atoms with Crippen LogP contribution in [0.15, 0.2) is 5.03 Å². The molecule has 0 saturated heterocycles. The van der Waals surface area contributed by atoms with Crippen molar-refractivity contribution in [3.8, 4) is 0 Å². The van der Waals surface area contributed by atoms with Gasteiger partial charge in [-0.2, -0.15) is 0 Å². The zero-order valence-corrected chi connectivity index (χ0v) is 11.3. The van der Waals surface area contributed by atoms with Crippen molar-refractivity contribution in [3.05, 3.63) is 11.4 Å². The van der Waals surface area contributed by atoms with E-state index < -0.39 is 0 Å². The first kappa shape index (κ1) is 12.6. The molecule has 4 nitrogen and oxygen atoms in total. The smallest absolute Gasteiger partial charge is 0.147 e. The molecule has 3 N–H and O–H groups in total. The first-order valence-corrected chi connectivity index (χ1v) is 7.14. The molecular weight excluding hydrogens is 232 g/mol. The molecule has 1 fully saturated rings. The van der Waals surface area contributed by atoms with Gasteiger partial charge in [-0.05, 0) is 32.6 Å². The Hall–Kier alpha value is -0.810. The van der Waals surface area contributed by atoms with E-state index >= 15 is 0 Å². The van der Waals surface area contributed by atoms with Crippen LogP contribution in [0.2, 0.25) is 0 Å². The lowest BCUT2D eigenvalue weighted by Gasteiger charge is -2.12. The van der Waals surface area contributed by atoms with Crippen LogP contribution in [0.3, 0.4) is 0 Å². The minimum atomic E-state index is 0.742. The Labute approximate surface area is 107 Å². The Balaban J connectivity index is 2.06. The van der Waals surface area contributed by atoms with E-state index in [-0.39, 0.29) is 0 Å². The van der Waals surface area contributed by atoms with Gasteiger partial charge in [-0.3, -0.25) is 0 Å². The predicted molar refractivity (Wildman–Crippen MR) is 72.0 cm³/mol. The number of thioether (sulfide) groups is 1. The van der Waals surface area contributed by atoms with Crippen molar-refractivity contribution < 1.29 is 0 Å². The van der Waals surface area contributed by atoms with E-state index in [4.69, 9.17) is 5.84 Å². The fraction of sp³-hybridized carbons (Fsp3) is 0.667. The highest BCUT2D eigenvalue weighted by atomic mass is 32.2. The third-order valence-corrected chi connectivity index (χ3v) is 4.59. The lowest BCUT2D eigenvalue weighted by molar-refractivity contribution is 0.622. The van der Waals surface area contributed by atoms with Crippen molar-refractivity contribution in [2.45, 2.75) is 44.6 Å². The minimum absolute atomic E-state index is 0.742. The highest BCUT2D eigenvalue weighted by Crippen LogP contribution is 2.32. The Kier molecular flexibility index (Phi) is 4.23. The average molecular weight is 252 g/mol. The Bertz CT molecular complexity index is 388. The molecule has 17 heavy (non-hydrogen) atoms. The second-order valence-electron chi connectivity index (χ2n) is 4.66. The highest BCUT2D eigenvalue weighted by Gasteiger charge is 2.17. The van der Waals surface area contributed by atoms with Gasteiger partial charge in [0.25, 0.3) is 0 Å². The summed E-state index contributed by atoms with van der Waals surface area (Å²) in [6, 6.07) is 0. The van der Waals surface area contributed by atoms with Crippen LogP contribution in [0.1, 0.15) is 37.1 Å². The van der Waals surface area contributed by atoms with Gasteiger partial charge in [0.15, 0.2) is 0 Å². The van der Waals surface area contributed by atoms with Crippen LogP contribution in [0.5, 0.6) is 0 Å². The number of aromatic nitrogens is 2. The van der Waals surface area contributed by atoms with Crippen LogP contribution in [0, 0.1) is 19.8 Å². The molecule has 5 heteroatoms. The maximum absolute atomic E-state index is 5.46. The molecule has 2 rings (SSSR count). The van der Waals surface area contributed by atoms with Crippen molar-refractivity contribution in [1.82, 2.24) is 9.97 Å². The van der Waals surface area contributed by atoms with E-state index in [0.29, 0.717) is 0 Å². The number of hydrazine groups is 1. The van der Waals surface area contributed by atoms with E-state index in [1.54, 1.807) is 0 Å². The summed E-state index contributed by atoms with van der Waals surface area (Å²) in [4.78, 5) is 8.77. The molecule has 1 heterocycles. The summed E-state index contributed by atoms with van der Waals surface area (Å²) in [7, 11) is 0. The summed E-state index contributed by atoms with van der Waals surface area (Å²) in [6.07, 6.45) is 5.53. The molecule has 1 aromatic rings. The van der Waals surface area contributed by atoms with E-state index in [0.717, 1.165) is 28.1 Å². The van der Waals surface area contributed by atoms with Gasteiger partial charge in [0.05, 0.1) is 0 Å². The van der Waals surface area contributed by atoms with E-state index in [1.165, 1.54) is 31.4 Å². The third-order valence-electron chi connectivity index (χ3n) is 3.28. The van der Waals surface area contributed by atoms with Crippen LogP contribution < -0.4 is 11.3 Å². The molecule has 0 atom stereocenters. The van der Waals surface area contributed by atoms with Gasteiger partial charge in [-0.1, -0.05) is 12.8 Å². The maximum atomic E-state index is 5.46. The Morgan fingerprint density at radius 1 is 1.29 bits per heavy atom. The van der Waals surface area contributed by atoms with Gasteiger partial charge in [-0.15, -0.1) is 11.8 Å². The second-order valence-corrected chi connectivity index (χ2v) is 5.66. The molecule has 0 unspecified atom stereocenters. The number of anilines is 1. The quantitative estimate of drug-likeness (QED) is 0.373. The van der Waals surface area contributed by atoms with E-state index in [1.807, 2.05) is 25.6 Å². The molecule has 1 saturated carbocycles. The number of hydrogen-bond acceptors (Lipinski definition) is 5. The predicted octanol–water partition coefficient (Wildman–Crippen LogP) is 2.66. The van der Waals surface area contributed by atoms with Gasteiger partial charge in [0.2, 0.25) is 0 Å². The van der Waals surface area contributed by atoms with Crippen molar-refractivity contribution in [3.63, 3.8) is 0 Å². The largest absolute Gasteiger partial charge is 0.308 e. The van der Waals surface area contributed by atoms with Crippen LogP contribution in [-0.4, -0.2) is 15.7 Å². The second kappa shape index (κ2) is 5.69. The minimum Gasteiger partial charge on any atom is -0.308 e. The Morgan fingerprint density at radius 3 is 2.65 bits per heavy atom. The highest BCUT2D eigenvalue weighted by molar-refractivity contribution is 7.99. The van der Waals surface area contributed by atoms with Crippen LogP contribution in [-0.2, 0) is 0 Å². The maximum Gasteiger partial charge on any atom is 0.147 e. The van der Waals surface area contributed by atoms with Gasteiger partial charge in [-0.25, -0.2) is 15.8 Å². The number of nitrogens with zero attached hydrogens (tertiary/aromatic N) is 2. The van der Waals surface area contributed by atoms with Gasteiger partial charge in [0, 0.05) is 11.3 Å². The lowest BCUT2D eigenvalue weighted by atomic mass is 10.1. The van der Waals surface area contributed by atoms with Crippen molar-refractivity contribution >= 4 is 17.6 Å². The molecule has 0 aromatic carbocycles. The number of nitrogens with two attached hydrogens (primary N) is 1. The first-order chi connectivity index (χ1) is 8.20. The first-order valence-electron chi connectivity index (χ1n) is 6.15. The zero-order chi connectivity index (χ0) is 12.3. The van der Waals surface area contributed by atoms with Crippen LogP contribution in [0.4, 0.5) is 5.82 Å². The normalized spacial score (nSPS) is 16.4. The van der Waals surface area contributed by atoms with Crippen LogP contribution >= 0.6 is 11.8 Å².